The van der Waals surface area contributed by atoms with Gasteiger partial charge in [0, 0.05) is 37.1 Å². The van der Waals surface area contributed by atoms with Crippen LogP contribution in [0.5, 0.6) is 0 Å². The summed E-state index contributed by atoms with van der Waals surface area (Å²) < 4.78 is 5.44. The van der Waals surface area contributed by atoms with E-state index in [4.69, 9.17) is 10.5 Å². The highest BCUT2D eigenvalue weighted by atomic mass is 16.5. The van der Waals surface area contributed by atoms with Crippen LogP contribution in [0.15, 0.2) is 0 Å². The highest BCUT2D eigenvalue weighted by molar-refractivity contribution is 5.79. The zero-order chi connectivity index (χ0) is 14.5. The Bertz CT molecular complexity index is 310. The van der Waals surface area contributed by atoms with E-state index in [1.807, 2.05) is 6.92 Å². The number of nitrogens with zero attached hydrogens (tertiary/aromatic N) is 1. The van der Waals surface area contributed by atoms with Gasteiger partial charge in [0.25, 0.3) is 0 Å². The lowest BCUT2D eigenvalue weighted by Crippen LogP contribution is -2.40. The second-order valence-electron chi connectivity index (χ2n) is 6.76. The van der Waals surface area contributed by atoms with E-state index in [0.29, 0.717) is 17.9 Å². The third-order valence-corrected chi connectivity index (χ3v) is 4.47. The van der Waals surface area contributed by atoms with E-state index in [1.54, 1.807) is 0 Å². The van der Waals surface area contributed by atoms with Gasteiger partial charge in [-0.05, 0) is 39.0 Å². The molecule has 2 aliphatic rings. The van der Waals surface area contributed by atoms with Gasteiger partial charge in [0.1, 0.15) is 0 Å². The summed E-state index contributed by atoms with van der Waals surface area (Å²) in [6, 6.07) is 0.756. The van der Waals surface area contributed by atoms with Crippen LogP contribution in [0.2, 0.25) is 0 Å². The van der Waals surface area contributed by atoms with Crippen LogP contribution in [0.1, 0.15) is 52.4 Å². The SMILES string of the molecule is CC(N)CCCC(C)C(=O)N(CC1CCOC1)C1CC1. The largest absolute Gasteiger partial charge is 0.381 e. The van der Waals surface area contributed by atoms with E-state index in [-0.39, 0.29) is 12.0 Å². The number of rotatable bonds is 8. The summed E-state index contributed by atoms with van der Waals surface area (Å²) in [6.45, 7) is 6.70. The van der Waals surface area contributed by atoms with Crippen molar-refractivity contribution in [3.63, 3.8) is 0 Å². The number of hydrogen-bond acceptors (Lipinski definition) is 3. The van der Waals surface area contributed by atoms with E-state index in [1.165, 1.54) is 12.8 Å². The molecule has 4 heteroatoms. The first-order valence-electron chi connectivity index (χ1n) is 8.21. The fourth-order valence-corrected chi connectivity index (χ4v) is 2.96. The fourth-order valence-electron chi connectivity index (χ4n) is 2.96. The van der Waals surface area contributed by atoms with Crippen molar-refractivity contribution in [1.29, 1.82) is 0 Å². The van der Waals surface area contributed by atoms with Crippen LogP contribution in [0.3, 0.4) is 0 Å². The van der Waals surface area contributed by atoms with E-state index in [9.17, 15) is 4.79 Å². The lowest BCUT2D eigenvalue weighted by Gasteiger charge is -2.28. The Labute approximate surface area is 123 Å². The molecule has 116 valence electrons. The molecule has 1 aliphatic carbocycles. The lowest BCUT2D eigenvalue weighted by atomic mass is 9.99. The Morgan fingerprint density at radius 2 is 2.05 bits per heavy atom. The van der Waals surface area contributed by atoms with Crippen LogP contribution in [0, 0.1) is 11.8 Å². The molecule has 0 radical (unpaired) electrons. The van der Waals surface area contributed by atoms with Crippen LogP contribution in [0.4, 0.5) is 0 Å². The molecule has 1 aliphatic heterocycles. The highest BCUT2D eigenvalue weighted by Gasteiger charge is 2.36. The van der Waals surface area contributed by atoms with Gasteiger partial charge in [-0.25, -0.2) is 0 Å². The Morgan fingerprint density at radius 1 is 1.30 bits per heavy atom. The van der Waals surface area contributed by atoms with Crippen LogP contribution in [-0.2, 0) is 9.53 Å². The molecule has 2 N–H and O–H groups in total. The maximum Gasteiger partial charge on any atom is 0.225 e. The second-order valence-corrected chi connectivity index (χ2v) is 6.76. The summed E-state index contributed by atoms with van der Waals surface area (Å²) in [4.78, 5) is 14.8. The fraction of sp³-hybridized carbons (Fsp3) is 0.938. The van der Waals surface area contributed by atoms with Crippen molar-refractivity contribution in [1.82, 2.24) is 4.90 Å². The molecule has 0 spiro atoms. The first-order chi connectivity index (χ1) is 9.58. The Morgan fingerprint density at radius 3 is 2.60 bits per heavy atom. The predicted octanol–water partition coefficient (Wildman–Crippen LogP) is 2.17. The molecule has 2 fully saturated rings. The number of nitrogens with two attached hydrogens (primary N) is 1. The van der Waals surface area contributed by atoms with Gasteiger partial charge in [-0.15, -0.1) is 0 Å². The Kier molecular flexibility index (Phi) is 5.85. The molecule has 0 aromatic carbocycles. The molecule has 1 amide bonds. The standard InChI is InChI=1S/C16H30N2O2/c1-12(4-3-5-13(2)17)16(19)18(15-6-7-15)10-14-8-9-20-11-14/h12-15H,3-11,17H2,1-2H3. The van der Waals surface area contributed by atoms with Gasteiger partial charge in [-0.1, -0.05) is 13.3 Å². The minimum atomic E-state index is 0.136. The van der Waals surface area contributed by atoms with Crippen LogP contribution in [0.25, 0.3) is 0 Å². The van der Waals surface area contributed by atoms with Crippen LogP contribution in [-0.4, -0.2) is 42.6 Å². The minimum absolute atomic E-state index is 0.136. The van der Waals surface area contributed by atoms with Crippen molar-refractivity contribution in [2.24, 2.45) is 17.6 Å². The maximum atomic E-state index is 12.6. The van der Waals surface area contributed by atoms with Crippen molar-refractivity contribution in [3.05, 3.63) is 0 Å². The Hall–Kier alpha value is -0.610. The number of ether oxygens (including phenoxy) is 1. The lowest BCUT2D eigenvalue weighted by molar-refractivity contribution is -0.136. The summed E-state index contributed by atoms with van der Waals surface area (Å²) in [5, 5.41) is 0. The molecule has 3 atom stereocenters. The molecule has 0 aromatic heterocycles. The van der Waals surface area contributed by atoms with Gasteiger partial charge >= 0.3 is 0 Å². The average molecular weight is 282 g/mol. The third-order valence-electron chi connectivity index (χ3n) is 4.47. The summed E-state index contributed by atoms with van der Waals surface area (Å²) in [6.07, 6.45) is 6.51. The molecule has 20 heavy (non-hydrogen) atoms. The average Bonchev–Trinajstić information content (AvgIpc) is 3.11. The Balaban J connectivity index is 1.79. The molecular weight excluding hydrogens is 252 g/mol. The van der Waals surface area contributed by atoms with Crippen molar-refractivity contribution in [2.45, 2.75) is 64.5 Å². The quantitative estimate of drug-likeness (QED) is 0.742. The van der Waals surface area contributed by atoms with Gasteiger partial charge in [-0.3, -0.25) is 4.79 Å². The van der Waals surface area contributed by atoms with Gasteiger partial charge < -0.3 is 15.4 Å². The van der Waals surface area contributed by atoms with Crippen molar-refractivity contribution >= 4 is 5.91 Å². The van der Waals surface area contributed by atoms with E-state index in [2.05, 4.69) is 11.8 Å². The van der Waals surface area contributed by atoms with E-state index in [0.717, 1.165) is 45.4 Å². The molecule has 1 heterocycles. The summed E-state index contributed by atoms with van der Waals surface area (Å²) in [7, 11) is 0. The molecule has 4 nitrogen and oxygen atoms in total. The highest BCUT2D eigenvalue weighted by Crippen LogP contribution is 2.31. The number of carbonyl (C=O) groups is 1. The topological polar surface area (TPSA) is 55.6 Å². The summed E-state index contributed by atoms with van der Waals surface area (Å²) in [5.74, 6) is 1.04. The zero-order valence-corrected chi connectivity index (χ0v) is 13.0. The second kappa shape index (κ2) is 7.41. The van der Waals surface area contributed by atoms with E-state index < -0.39 is 0 Å². The molecular formula is C16H30N2O2. The van der Waals surface area contributed by atoms with Crippen molar-refractivity contribution < 1.29 is 9.53 Å². The first-order valence-corrected chi connectivity index (χ1v) is 8.21. The van der Waals surface area contributed by atoms with Gasteiger partial charge in [0.15, 0.2) is 0 Å². The number of hydrogen-bond donors (Lipinski definition) is 1. The van der Waals surface area contributed by atoms with Gasteiger partial charge in [-0.2, -0.15) is 0 Å². The first kappa shape index (κ1) is 15.8. The van der Waals surface area contributed by atoms with Crippen molar-refractivity contribution in [2.75, 3.05) is 19.8 Å². The van der Waals surface area contributed by atoms with Crippen LogP contribution >= 0.6 is 0 Å². The smallest absolute Gasteiger partial charge is 0.225 e. The van der Waals surface area contributed by atoms with Crippen molar-refractivity contribution in [3.8, 4) is 0 Å². The minimum Gasteiger partial charge on any atom is -0.381 e. The monoisotopic (exact) mass is 282 g/mol. The molecule has 2 rings (SSSR count). The number of amides is 1. The van der Waals surface area contributed by atoms with Gasteiger partial charge in [0.05, 0.1) is 6.61 Å². The van der Waals surface area contributed by atoms with Gasteiger partial charge in [0.2, 0.25) is 5.91 Å². The molecule has 3 unspecified atom stereocenters. The molecule has 1 saturated carbocycles. The summed E-state index contributed by atoms with van der Waals surface area (Å²) >= 11 is 0. The zero-order valence-electron chi connectivity index (χ0n) is 13.0. The predicted molar refractivity (Wildman–Crippen MR) is 80.3 cm³/mol. The normalized spacial score (nSPS) is 25.4. The molecule has 0 bridgehead atoms. The molecule has 0 aromatic rings. The summed E-state index contributed by atoms with van der Waals surface area (Å²) in [5.41, 5.74) is 5.77. The van der Waals surface area contributed by atoms with E-state index >= 15 is 0 Å². The van der Waals surface area contributed by atoms with Crippen LogP contribution < -0.4 is 5.73 Å². The molecule has 1 saturated heterocycles. The third kappa shape index (κ3) is 4.74. The number of carbonyl (C=O) groups excluding carboxylic acids is 1. The maximum absolute atomic E-state index is 12.6.